The number of piperidine rings is 1. The molecule has 1 aliphatic heterocycles. The highest BCUT2D eigenvalue weighted by Crippen LogP contribution is 2.50. The average molecular weight is 280 g/mol. The zero-order chi connectivity index (χ0) is 14.3. The van der Waals surface area contributed by atoms with Crippen molar-refractivity contribution in [2.24, 2.45) is 11.7 Å². The van der Waals surface area contributed by atoms with Crippen molar-refractivity contribution in [1.29, 1.82) is 0 Å². The van der Waals surface area contributed by atoms with E-state index in [4.69, 9.17) is 5.73 Å². The van der Waals surface area contributed by atoms with Crippen molar-refractivity contribution in [2.45, 2.75) is 31.2 Å². The normalized spacial score (nSPS) is 29.4. The summed E-state index contributed by atoms with van der Waals surface area (Å²) < 4.78 is 27.4. The lowest BCUT2D eigenvalue weighted by Gasteiger charge is -2.31. The summed E-state index contributed by atoms with van der Waals surface area (Å²) in [4.78, 5) is 14.1. The van der Waals surface area contributed by atoms with Gasteiger partial charge < -0.3 is 10.6 Å². The number of carbonyl (C=O) groups is 1. The molecular weight excluding hydrogens is 262 g/mol. The number of rotatable bonds is 2. The van der Waals surface area contributed by atoms with Crippen LogP contribution in [-0.2, 0) is 4.79 Å². The molecule has 1 heterocycles. The first-order valence-electron chi connectivity index (χ1n) is 7.06. The van der Waals surface area contributed by atoms with E-state index in [1.54, 1.807) is 4.90 Å². The number of nitrogens with two attached hydrogens (primary N) is 1. The number of likely N-dealkylation sites (tertiary alicyclic amines) is 1. The highest BCUT2D eigenvalue weighted by molar-refractivity contribution is 5.83. The average Bonchev–Trinajstić information content (AvgIpc) is 3.18. The maximum absolute atomic E-state index is 13.7. The third kappa shape index (κ3) is 2.42. The predicted molar refractivity (Wildman–Crippen MR) is 71.0 cm³/mol. The number of halogens is 2. The molecule has 1 amide bonds. The third-order valence-electron chi connectivity index (χ3n) is 4.25. The summed E-state index contributed by atoms with van der Waals surface area (Å²) in [6.45, 7) is 1.26. The Labute approximate surface area is 116 Å². The smallest absolute Gasteiger partial charge is 0.226 e. The molecule has 1 saturated carbocycles. The lowest BCUT2D eigenvalue weighted by Crippen LogP contribution is -2.46. The Kier molecular flexibility index (Phi) is 3.46. The Bertz CT molecular complexity index is 514. The molecule has 1 aliphatic carbocycles. The van der Waals surface area contributed by atoms with Gasteiger partial charge in [0.1, 0.15) is 11.6 Å². The second-order valence-electron chi connectivity index (χ2n) is 5.77. The van der Waals surface area contributed by atoms with Crippen LogP contribution in [0, 0.1) is 17.6 Å². The van der Waals surface area contributed by atoms with Gasteiger partial charge in [0, 0.05) is 36.5 Å². The van der Waals surface area contributed by atoms with E-state index in [-0.39, 0.29) is 29.3 Å². The van der Waals surface area contributed by atoms with E-state index in [0.29, 0.717) is 19.5 Å². The SMILES string of the molecule is NC1CCCN(C(=O)C2CC2c2c(F)cccc2F)C1. The van der Waals surface area contributed by atoms with Gasteiger partial charge in [0.2, 0.25) is 5.91 Å². The molecule has 3 atom stereocenters. The van der Waals surface area contributed by atoms with Gasteiger partial charge in [-0.05, 0) is 31.4 Å². The molecule has 0 radical (unpaired) electrons. The minimum absolute atomic E-state index is 0.00666. The fraction of sp³-hybridized carbons (Fsp3) is 0.533. The number of carbonyl (C=O) groups excluding carboxylic acids is 1. The molecule has 1 aromatic rings. The Morgan fingerprint density at radius 3 is 2.65 bits per heavy atom. The van der Waals surface area contributed by atoms with E-state index in [1.807, 2.05) is 0 Å². The molecule has 20 heavy (non-hydrogen) atoms. The van der Waals surface area contributed by atoms with Gasteiger partial charge in [0.15, 0.2) is 0 Å². The molecule has 0 bridgehead atoms. The first-order chi connectivity index (χ1) is 9.58. The number of benzene rings is 1. The number of hydrogen-bond donors (Lipinski definition) is 1. The standard InChI is InChI=1S/C15H18F2N2O/c16-12-4-1-5-13(17)14(12)10-7-11(10)15(20)19-6-2-3-9(18)8-19/h1,4-5,9-11H,2-3,6-8,18H2. The Morgan fingerprint density at radius 2 is 2.00 bits per heavy atom. The predicted octanol–water partition coefficient (Wildman–Crippen LogP) is 2.02. The van der Waals surface area contributed by atoms with Gasteiger partial charge in [-0.25, -0.2) is 8.78 Å². The van der Waals surface area contributed by atoms with Crippen LogP contribution in [0.5, 0.6) is 0 Å². The van der Waals surface area contributed by atoms with Crippen molar-refractivity contribution < 1.29 is 13.6 Å². The van der Waals surface area contributed by atoms with Gasteiger partial charge >= 0.3 is 0 Å². The van der Waals surface area contributed by atoms with Gasteiger partial charge in [-0.15, -0.1) is 0 Å². The van der Waals surface area contributed by atoms with E-state index in [9.17, 15) is 13.6 Å². The summed E-state index contributed by atoms with van der Waals surface area (Å²) >= 11 is 0. The molecule has 5 heteroatoms. The van der Waals surface area contributed by atoms with Crippen molar-refractivity contribution in [3.05, 3.63) is 35.4 Å². The van der Waals surface area contributed by atoms with Crippen LogP contribution in [0.3, 0.4) is 0 Å². The minimum Gasteiger partial charge on any atom is -0.341 e. The lowest BCUT2D eigenvalue weighted by atomic mass is 10.0. The molecule has 0 aromatic heterocycles. The largest absolute Gasteiger partial charge is 0.341 e. The van der Waals surface area contributed by atoms with Crippen LogP contribution in [0.2, 0.25) is 0 Å². The molecule has 1 saturated heterocycles. The fourth-order valence-electron chi connectivity index (χ4n) is 3.10. The second-order valence-corrected chi connectivity index (χ2v) is 5.77. The van der Waals surface area contributed by atoms with Crippen molar-refractivity contribution >= 4 is 5.91 Å². The van der Waals surface area contributed by atoms with Crippen LogP contribution >= 0.6 is 0 Å². The van der Waals surface area contributed by atoms with E-state index < -0.39 is 11.6 Å². The quantitative estimate of drug-likeness (QED) is 0.901. The summed E-state index contributed by atoms with van der Waals surface area (Å²) in [7, 11) is 0. The van der Waals surface area contributed by atoms with Gasteiger partial charge in [-0.3, -0.25) is 4.79 Å². The van der Waals surface area contributed by atoms with Crippen LogP contribution < -0.4 is 5.73 Å². The van der Waals surface area contributed by atoms with Crippen molar-refractivity contribution in [2.75, 3.05) is 13.1 Å². The van der Waals surface area contributed by atoms with E-state index in [1.165, 1.54) is 18.2 Å². The molecule has 3 rings (SSSR count). The monoisotopic (exact) mass is 280 g/mol. The van der Waals surface area contributed by atoms with E-state index >= 15 is 0 Å². The third-order valence-corrected chi connectivity index (χ3v) is 4.25. The van der Waals surface area contributed by atoms with Crippen LogP contribution in [0.4, 0.5) is 8.78 Å². The molecule has 3 nitrogen and oxygen atoms in total. The van der Waals surface area contributed by atoms with Crippen molar-refractivity contribution in [3.8, 4) is 0 Å². The van der Waals surface area contributed by atoms with Gasteiger partial charge in [-0.1, -0.05) is 6.07 Å². The number of hydrogen-bond acceptors (Lipinski definition) is 2. The summed E-state index contributed by atoms with van der Waals surface area (Å²) in [5, 5.41) is 0. The first kappa shape index (κ1) is 13.5. The van der Waals surface area contributed by atoms with Crippen LogP contribution in [-0.4, -0.2) is 29.9 Å². The highest BCUT2D eigenvalue weighted by atomic mass is 19.1. The number of nitrogens with zero attached hydrogens (tertiary/aromatic N) is 1. The summed E-state index contributed by atoms with van der Waals surface area (Å²) in [6.07, 6.45) is 2.36. The zero-order valence-electron chi connectivity index (χ0n) is 11.2. The van der Waals surface area contributed by atoms with Gasteiger partial charge in [0.05, 0.1) is 0 Å². The summed E-state index contributed by atoms with van der Waals surface area (Å²) in [5.74, 6) is -1.72. The molecule has 2 fully saturated rings. The fourth-order valence-corrected chi connectivity index (χ4v) is 3.10. The van der Waals surface area contributed by atoms with Crippen molar-refractivity contribution in [1.82, 2.24) is 4.90 Å². The lowest BCUT2D eigenvalue weighted by molar-refractivity contribution is -0.133. The van der Waals surface area contributed by atoms with Crippen molar-refractivity contribution in [3.63, 3.8) is 0 Å². The maximum Gasteiger partial charge on any atom is 0.226 e. The van der Waals surface area contributed by atoms with E-state index in [0.717, 1.165) is 12.8 Å². The van der Waals surface area contributed by atoms with Gasteiger partial charge in [0.25, 0.3) is 0 Å². The van der Waals surface area contributed by atoms with Crippen LogP contribution in [0.15, 0.2) is 18.2 Å². The van der Waals surface area contributed by atoms with E-state index in [2.05, 4.69) is 0 Å². The highest BCUT2D eigenvalue weighted by Gasteiger charge is 2.48. The Balaban J connectivity index is 1.71. The summed E-state index contributed by atoms with van der Waals surface area (Å²) in [6, 6.07) is 3.86. The second kappa shape index (κ2) is 5.13. The van der Waals surface area contributed by atoms with Crippen LogP contribution in [0.25, 0.3) is 0 Å². The van der Waals surface area contributed by atoms with Gasteiger partial charge in [-0.2, -0.15) is 0 Å². The Hall–Kier alpha value is -1.49. The molecular formula is C15H18F2N2O. The minimum atomic E-state index is -0.555. The number of amides is 1. The van der Waals surface area contributed by atoms with Crippen LogP contribution in [0.1, 0.15) is 30.7 Å². The molecule has 0 spiro atoms. The topological polar surface area (TPSA) is 46.3 Å². The molecule has 108 valence electrons. The molecule has 3 unspecified atom stereocenters. The molecule has 2 N–H and O–H groups in total. The molecule has 1 aromatic carbocycles. The maximum atomic E-state index is 13.7. The summed E-state index contributed by atoms with van der Waals surface area (Å²) in [5.41, 5.74) is 5.93. The molecule has 2 aliphatic rings. The Morgan fingerprint density at radius 1 is 1.30 bits per heavy atom. The first-order valence-corrected chi connectivity index (χ1v) is 7.06. The zero-order valence-corrected chi connectivity index (χ0v) is 11.2.